The van der Waals surface area contributed by atoms with Crippen molar-refractivity contribution in [1.29, 1.82) is 0 Å². The lowest BCUT2D eigenvalue weighted by Gasteiger charge is -2.26. The first-order valence-corrected chi connectivity index (χ1v) is 23.1. The van der Waals surface area contributed by atoms with Crippen LogP contribution >= 0.6 is 0 Å². The SMILES string of the molecule is Cc1cnc(-c2cccc(N(c3ccccc3)c3ccc4c5ccccc5n(-c5cc(C(C)(C)C)ccn5)c4c3)c2)cc1-c1ccc2c(c1)-c1ccccc1-c1ccccc1-c1ccccc1-2. The zero-order valence-corrected chi connectivity index (χ0v) is 38.1. The van der Waals surface area contributed by atoms with E-state index in [1.165, 1.54) is 60.8 Å². The first-order valence-electron chi connectivity index (χ1n) is 23.1. The van der Waals surface area contributed by atoms with E-state index in [-0.39, 0.29) is 5.41 Å². The van der Waals surface area contributed by atoms with Crippen molar-refractivity contribution >= 4 is 38.9 Å². The van der Waals surface area contributed by atoms with Crippen LogP contribution in [0.3, 0.4) is 0 Å². The summed E-state index contributed by atoms with van der Waals surface area (Å²) in [5.41, 5.74) is 22.0. The molecule has 67 heavy (non-hydrogen) atoms. The zero-order valence-electron chi connectivity index (χ0n) is 38.1. The van der Waals surface area contributed by atoms with Gasteiger partial charge in [-0.05, 0) is 146 Å². The standard InChI is InChI=1S/C63H48N4/c1-41-40-65-59(39-57(41)42-29-31-54-52-25-11-10-23-50(52)48-21-8-9-22-49(48)51-24-12-13-26-53(51)58(54)36-42)43-17-16-20-46(35-43)66(45-18-6-5-7-19-45)47-30-32-56-55-27-14-15-28-60(55)67(61(56)38-47)62-37-44(33-34-64-62)63(2,3)4/h5-40H,1-4H3. The van der Waals surface area contributed by atoms with Crippen molar-refractivity contribution in [2.45, 2.75) is 33.1 Å². The van der Waals surface area contributed by atoms with Crippen LogP contribution in [0.1, 0.15) is 31.9 Å². The van der Waals surface area contributed by atoms with E-state index in [0.29, 0.717) is 0 Å². The van der Waals surface area contributed by atoms with Crippen LogP contribution in [0.2, 0.25) is 0 Å². The van der Waals surface area contributed by atoms with E-state index in [4.69, 9.17) is 9.97 Å². The molecule has 0 bridgehead atoms. The van der Waals surface area contributed by atoms with E-state index in [0.717, 1.165) is 61.9 Å². The molecule has 0 N–H and O–H groups in total. The quantitative estimate of drug-likeness (QED) is 0.167. The number of fused-ring (bicyclic) bond motifs is 11. The van der Waals surface area contributed by atoms with Gasteiger partial charge in [-0.25, -0.2) is 4.98 Å². The number of anilines is 3. The van der Waals surface area contributed by atoms with E-state index in [2.05, 4.69) is 243 Å². The highest BCUT2D eigenvalue weighted by molar-refractivity contribution is 6.10. The van der Waals surface area contributed by atoms with Gasteiger partial charge in [0, 0.05) is 45.8 Å². The molecule has 1 aliphatic carbocycles. The average Bonchev–Trinajstić information content (AvgIpc) is 3.70. The number of aromatic nitrogens is 3. The molecule has 3 aromatic heterocycles. The molecule has 0 aliphatic heterocycles. The molecule has 12 rings (SSSR count). The summed E-state index contributed by atoms with van der Waals surface area (Å²) in [7, 11) is 0. The Kier molecular flexibility index (Phi) is 9.58. The molecule has 320 valence electrons. The van der Waals surface area contributed by atoms with Gasteiger partial charge in [-0.3, -0.25) is 9.55 Å². The number of hydrogen-bond donors (Lipinski definition) is 0. The van der Waals surface area contributed by atoms with Gasteiger partial charge in [0.15, 0.2) is 0 Å². The third-order valence-corrected chi connectivity index (χ3v) is 13.5. The van der Waals surface area contributed by atoms with Gasteiger partial charge in [0.05, 0.1) is 16.7 Å². The number of hydrogen-bond acceptors (Lipinski definition) is 3. The Bertz CT molecular complexity index is 3700. The molecule has 8 aromatic carbocycles. The van der Waals surface area contributed by atoms with Crippen molar-refractivity contribution in [3.05, 3.63) is 230 Å². The van der Waals surface area contributed by atoms with E-state index < -0.39 is 0 Å². The number of rotatable bonds is 6. The van der Waals surface area contributed by atoms with Gasteiger partial charge in [-0.1, -0.05) is 160 Å². The van der Waals surface area contributed by atoms with Gasteiger partial charge in [-0.2, -0.15) is 0 Å². The Morgan fingerprint density at radius 2 is 0.985 bits per heavy atom. The van der Waals surface area contributed by atoms with Gasteiger partial charge in [0.2, 0.25) is 0 Å². The lowest BCUT2D eigenvalue weighted by atomic mass is 9.80. The molecule has 0 radical (unpaired) electrons. The van der Waals surface area contributed by atoms with Gasteiger partial charge in [0.1, 0.15) is 5.82 Å². The Morgan fingerprint density at radius 1 is 0.403 bits per heavy atom. The van der Waals surface area contributed by atoms with E-state index in [1.807, 2.05) is 12.4 Å². The zero-order chi connectivity index (χ0) is 45.2. The van der Waals surface area contributed by atoms with Crippen molar-refractivity contribution in [1.82, 2.24) is 14.5 Å². The second kappa shape index (κ2) is 16.0. The van der Waals surface area contributed by atoms with Gasteiger partial charge < -0.3 is 4.90 Å². The lowest BCUT2D eigenvalue weighted by molar-refractivity contribution is 0.588. The van der Waals surface area contributed by atoms with Crippen molar-refractivity contribution in [3.63, 3.8) is 0 Å². The molecule has 0 fully saturated rings. The van der Waals surface area contributed by atoms with Crippen LogP contribution in [0.4, 0.5) is 17.1 Å². The lowest BCUT2D eigenvalue weighted by Crippen LogP contribution is -2.12. The second-order valence-corrected chi connectivity index (χ2v) is 18.7. The van der Waals surface area contributed by atoms with Gasteiger partial charge >= 0.3 is 0 Å². The highest BCUT2D eigenvalue weighted by Crippen LogP contribution is 2.49. The minimum Gasteiger partial charge on any atom is -0.310 e. The molecular formula is C63H48N4. The number of para-hydroxylation sites is 2. The minimum atomic E-state index is -0.0179. The van der Waals surface area contributed by atoms with Crippen LogP contribution < -0.4 is 4.90 Å². The maximum atomic E-state index is 5.09. The predicted octanol–water partition coefficient (Wildman–Crippen LogP) is 17.0. The molecule has 4 heteroatoms. The molecule has 0 atom stereocenters. The molecule has 4 nitrogen and oxygen atoms in total. The third-order valence-electron chi connectivity index (χ3n) is 13.5. The minimum absolute atomic E-state index is 0.0179. The summed E-state index contributed by atoms with van der Waals surface area (Å²) < 4.78 is 2.32. The Hall–Kier alpha value is -8.34. The largest absolute Gasteiger partial charge is 0.310 e. The highest BCUT2D eigenvalue weighted by atomic mass is 15.1. The molecular weight excluding hydrogens is 813 g/mol. The second-order valence-electron chi connectivity index (χ2n) is 18.7. The summed E-state index contributed by atoms with van der Waals surface area (Å²) in [6.45, 7) is 8.92. The van der Waals surface area contributed by atoms with Gasteiger partial charge in [-0.15, -0.1) is 0 Å². The molecule has 11 aromatic rings. The fourth-order valence-corrected chi connectivity index (χ4v) is 10.2. The summed E-state index contributed by atoms with van der Waals surface area (Å²) in [6.07, 6.45) is 3.97. The maximum Gasteiger partial charge on any atom is 0.137 e. The topological polar surface area (TPSA) is 34.0 Å². The predicted molar refractivity (Wildman–Crippen MR) is 281 cm³/mol. The van der Waals surface area contributed by atoms with E-state index in [9.17, 15) is 0 Å². The summed E-state index contributed by atoms with van der Waals surface area (Å²) in [4.78, 5) is 12.4. The van der Waals surface area contributed by atoms with Crippen LogP contribution in [0.25, 0.3) is 94.5 Å². The summed E-state index contributed by atoms with van der Waals surface area (Å²) in [5, 5.41) is 2.39. The summed E-state index contributed by atoms with van der Waals surface area (Å²) in [5.74, 6) is 0.912. The van der Waals surface area contributed by atoms with Crippen LogP contribution in [-0.2, 0) is 5.41 Å². The number of benzene rings is 8. The number of nitrogens with zero attached hydrogens (tertiary/aromatic N) is 4. The maximum absolute atomic E-state index is 5.09. The third kappa shape index (κ3) is 6.92. The van der Waals surface area contributed by atoms with Crippen molar-refractivity contribution < 1.29 is 0 Å². The normalized spacial score (nSPS) is 11.9. The van der Waals surface area contributed by atoms with Gasteiger partial charge in [0.25, 0.3) is 0 Å². The van der Waals surface area contributed by atoms with Crippen molar-refractivity contribution in [3.8, 4) is 72.7 Å². The van der Waals surface area contributed by atoms with E-state index in [1.54, 1.807) is 0 Å². The van der Waals surface area contributed by atoms with Crippen LogP contribution in [0, 0.1) is 6.92 Å². The van der Waals surface area contributed by atoms with Crippen LogP contribution in [-0.4, -0.2) is 14.5 Å². The van der Waals surface area contributed by atoms with Crippen molar-refractivity contribution in [2.75, 3.05) is 4.90 Å². The monoisotopic (exact) mass is 860 g/mol. The fourth-order valence-electron chi connectivity index (χ4n) is 10.2. The summed E-state index contributed by atoms with van der Waals surface area (Å²) in [6, 6.07) is 75.0. The molecule has 3 heterocycles. The Balaban J connectivity index is 0.980. The Labute approximate surface area is 392 Å². The highest BCUT2D eigenvalue weighted by Gasteiger charge is 2.24. The molecule has 1 aliphatic rings. The van der Waals surface area contributed by atoms with Crippen molar-refractivity contribution in [2.24, 2.45) is 0 Å². The molecule has 0 spiro atoms. The summed E-state index contributed by atoms with van der Waals surface area (Å²) >= 11 is 0. The smallest absolute Gasteiger partial charge is 0.137 e. The number of pyridine rings is 2. The molecule has 0 saturated carbocycles. The molecule has 0 unspecified atom stereocenters. The molecule has 0 amide bonds. The first kappa shape index (κ1) is 40.2. The Morgan fingerprint density at radius 3 is 1.67 bits per heavy atom. The fraction of sp³-hybridized carbons (Fsp3) is 0.0794. The van der Waals surface area contributed by atoms with E-state index >= 15 is 0 Å². The van der Waals surface area contributed by atoms with Crippen LogP contribution in [0.5, 0.6) is 0 Å². The average molecular weight is 861 g/mol. The molecule has 0 saturated heterocycles. The first-order chi connectivity index (χ1) is 32.8. The number of aryl methyl sites for hydroxylation is 1. The van der Waals surface area contributed by atoms with Crippen LogP contribution in [0.15, 0.2) is 219 Å².